The summed E-state index contributed by atoms with van der Waals surface area (Å²) in [6.45, 7) is 5.73. The van der Waals surface area contributed by atoms with E-state index < -0.39 is 15.6 Å². The number of nitrogens with two attached hydrogens (primary N) is 1. The number of thiophene rings is 1. The molecule has 1 fully saturated rings. The van der Waals surface area contributed by atoms with E-state index in [1.54, 1.807) is 24.4 Å². The van der Waals surface area contributed by atoms with Crippen molar-refractivity contribution < 1.29 is 8.42 Å². The maximum Gasteiger partial charge on any atom is 0.264 e. The van der Waals surface area contributed by atoms with E-state index in [2.05, 4.69) is 20.1 Å². The van der Waals surface area contributed by atoms with Crippen molar-refractivity contribution in [3.63, 3.8) is 0 Å². The van der Waals surface area contributed by atoms with Crippen molar-refractivity contribution in [2.45, 2.75) is 23.6 Å². The Morgan fingerprint density at radius 2 is 1.81 bits per heavy atom. The number of anilines is 1. The molecule has 0 saturated carbocycles. The number of rotatable bonds is 5. The van der Waals surface area contributed by atoms with Gasteiger partial charge in [0.25, 0.3) is 15.6 Å². The molecule has 3 N–H and O–H groups in total. The molecule has 3 aromatic heterocycles. The zero-order chi connectivity index (χ0) is 22.2. The van der Waals surface area contributed by atoms with E-state index in [9.17, 15) is 13.2 Å². The molecule has 0 bridgehead atoms. The van der Waals surface area contributed by atoms with Gasteiger partial charge in [-0.3, -0.25) is 9.78 Å². The highest BCUT2D eigenvalue weighted by Gasteiger charge is 2.30. The zero-order valence-electron chi connectivity index (χ0n) is 17.3. The minimum absolute atomic E-state index is 0.264. The number of sulfonamides is 1. The van der Waals surface area contributed by atoms with Crippen LogP contribution >= 0.6 is 11.3 Å². The molecular weight excluding hydrogens is 436 g/mol. The molecule has 0 atom stereocenters. The first-order valence-corrected chi connectivity index (χ1v) is 12.1. The van der Waals surface area contributed by atoms with Gasteiger partial charge in [-0.05, 0) is 44.2 Å². The SMILES string of the molecule is CC(C)(N)c1ccc(N2CCN(S(=O)(=O)c3ccc(-c4ccc(=O)[nH]n4)s3)CC2)cn1. The van der Waals surface area contributed by atoms with E-state index >= 15 is 0 Å². The molecule has 164 valence electrons. The van der Waals surface area contributed by atoms with E-state index in [1.807, 2.05) is 26.0 Å². The second-order valence-electron chi connectivity index (χ2n) is 7.94. The summed E-state index contributed by atoms with van der Waals surface area (Å²) in [5.41, 5.74) is 7.57. The molecule has 4 heterocycles. The Morgan fingerprint density at radius 1 is 1.06 bits per heavy atom. The van der Waals surface area contributed by atoms with E-state index in [-0.39, 0.29) is 9.77 Å². The number of nitrogens with zero attached hydrogens (tertiary/aromatic N) is 4. The molecule has 3 aromatic rings. The van der Waals surface area contributed by atoms with Crippen LogP contribution in [0.5, 0.6) is 0 Å². The molecule has 0 aliphatic carbocycles. The molecule has 0 spiro atoms. The van der Waals surface area contributed by atoms with Gasteiger partial charge < -0.3 is 10.6 Å². The minimum atomic E-state index is -3.60. The summed E-state index contributed by atoms with van der Waals surface area (Å²) < 4.78 is 28.0. The van der Waals surface area contributed by atoms with Gasteiger partial charge in [0.05, 0.1) is 28.0 Å². The van der Waals surface area contributed by atoms with Crippen molar-refractivity contribution in [2.24, 2.45) is 5.73 Å². The smallest absolute Gasteiger partial charge is 0.264 e. The van der Waals surface area contributed by atoms with Gasteiger partial charge in [-0.25, -0.2) is 13.5 Å². The lowest BCUT2D eigenvalue weighted by molar-refractivity contribution is 0.385. The molecule has 9 nitrogen and oxygen atoms in total. The third-order valence-corrected chi connectivity index (χ3v) is 8.59. The van der Waals surface area contributed by atoms with Crippen LogP contribution in [-0.2, 0) is 15.6 Å². The summed E-state index contributed by atoms with van der Waals surface area (Å²) in [6.07, 6.45) is 1.79. The fourth-order valence-corrected chi connectivity index (χ4v) is 6.20. The average molecular weight is 461 g/mol. The Balaban J connectivity index is 1.44. The van der Waals surface area contributed by atoms with E-state index in [1.165, 1.54) is 10.4 Å². The van der Waals surface area contributed by atoms with Gasteiger partial charge in [-0.2, -0.15) is 9.40 Å². The summed E-state index contributed by atoms with van der Waals surface area (Å²) in [6, 6.07) is 10.1. The lowest BCUT2D eigenvalue weighted by Gasteiger charge is -2.35. The Labute approximate surface area is 184 Å². The highest BCUT2D eigenvalue weighted by molar-refractivity contribution is 7.91. The fourth-order valence-electron chi connectivity index (χ4n) is 3.35. The van der Waals surface area contributed by atoms with Crippen LogP contribution in [0.15, 0.2) is 51.6 Å². The molecular formula is C20H24N6O3S2. The monoisotopic (exact) mass is 460 g/mol. The number of aromatic amines is 1. The Hall–Kier alpha value is -2.60. The average Bonchev–Trinajstić information content (AvgIpc) is 3.25. The first-order valence-electron chi connectivity index (χ1n) is 9.81. The van der Waals surface area contributed by atoms with Crippen LogP contribution in [0.1, 0.15) is 19.5 Å². The second-order valence-corrected chi connectivity index (χ2v) is 11.2. The largest absolute Gasteiger partial charge is 0.368 e. The number of H-pyrrole nitrogens is 1. The summed E-state index contributed by atoms with van der Waals surface area (Å²) in [5, 5.41) is 6.33. The van der Waals surface area contributed by atoms with E-state index in [0.29, 0.717) is 36.8 Å². The number of piperazine rings is 1. The van der Waals surface area contributed by atoms with Crippen molar-refractivity contribution in [3.05, 3.63) is 58.6 Å². The molecule has 0 amide bonds. The number of hydrogen-bond acceptors (Lipinski definition) is 8. The van der Waals surface area contributed by atoms with Gasteiger partial charge in [0.2, 0.25) is 0 Å². The highest BCUT2D eigenvalue weighted by Crippen LogP contribution is 2.31. The molecule has 0 radical (unpaired) electrons. The predicted octanol–water partition coefficient (Wildman–Crippen LogP) is 1.60. The predicted molar refractivity (Wildman–Crippen MR) is 121 cm³/mol. The van der Waals surface area contributed by atoms with Crippen LogP contribution in [0.25, 0.3) is 10.6 Å². The Bertz CT molecular complexity index is 1200. The zero-order valence-corrected chi connectivity index (χ0v) is 18.9. The highest BCUT2D eigenvalue weighted by atomic mass is 32.2. The van der Waals surface area contributed by atoms with Crippen LogP contribution in [0, 0.1) is 0 Å². The maximum atomic E-state index is 13.1. The van der Waals surface area contributed by atoms with Gasteiger partial charge in [-0.1, -0.05) is 0 Å². The van der Waals surface area contributed by atoms with E-state index in [4.69, 9.17) is 5.73 Å². The molecule has 0 aromatic carbocycles. The molecule has 1 aliphatic heterocycles. The topological polar surface area (TPSA) is 125 Å². The van der Waals surface area contributed by atoms with Crippen LogP contribution in [0.2, 0.25) is 0 Å². The third-order valence-electron chi connectivity index (χ3n) is 5.12. The molecule has 1 aliphatic rings. The summed E-state index contributed by atoms with van der Waals surface area (Å²) >= 11 is 1.14. The van der Waals surface area contributed by atoms with Crippen molar-refractivity contribution in [2.75, 3.05) is 31.1 Å². The summed E-state index contributed by atoms with van der Waals surface area (Å²) in [7, 11) is -3.60. The minimum Gasteiger partial charge on any atom is -0.368 e. The molecule has 31 heavy (non-hydrogen) atoms. The summed E-state index contributed by atoms with van der Waals surface area (Å²) in [5.74, 6) is 0. The van der Waals surface area contributed by atoms with Gasteiger partial charge >= 0.3 is 0 Å². The molecule has 11 heteroatoms. The molecule has 1 saturated heterocycles. The maximum absolute atomic E-state index is 13.1. The number of nitrogens with one attached hydrogen (secondary N) is 1. The van der Waals surface area contributed by atoms with Crippen LogP contribution < -0.4 is 16.2 Å². The lowest BCUT2D eigenvalue weighted by Crippen LogP contribution is -2.48. The number of aromatic nitrogens is 3. The van der Waals surface area contributed by atoms with Crippen LogP contribution in [0.4, 0.5) is 5.69 Å². The first-order chi connectivity index (χ1) is 14.6. The van der Waals surface area contributed by atoms with E-state index in [0.717, 1.165) is 22.7 Å². The molecule has 0 unspecified atom stereocenters. The Kier molecular flexibility index (Phi) is 5.69. The van der Waals surface area contributed by atoms with Crippen molar-refractivity contribution >= 4 is 27.0 Å². The van der Waals surface area contributed by atoms with Gasteiger partial charge in [0.15, 0.2) is 0 Å². The third kappa shape index (κ3) is 4.54. The number of pyridine rings is 1. The normalized spacial score (nSPS) is 15.9. The summed E-state index contributed by atoms with van der Waals surface area (Å²) in [4.78, 5) is 18.4. The first kappa shape index (κ1) is 21.6. The van der Waals surface area contributed by atoms with Crippen molar-refractivity contribution in [1.29, 1.82) is 0 Å². The van der Waals surface area contributed by atoms with Crippen LogP contribution in [-0.4, -0.2) is 54.1 Å². The van der Waals surface area contributed by atoms with Crippen molar-refractivity contribution in [3.8, 4) is 10.6 Å². The fraction of sp³-hybridized carbons (Fsp3) is 0.350. The lowest BCUT2D eigenvalue weighted by atomic mass is 10.0. The van der Waals surface area contributed by atoms with Gasteiger partial charge in [0, 0.05) is 32.2 Å². The quantitative estimate of drug-likeness (QED) is 0.592. The van der Waals surface area contributed by atoms with Crippen molar-refractivity contribution in [1.82, 2.24) is 19.5 Å². The van der Waals surface area contributed by atoms with Gasteiger partial charge in [-0.15, -0.1) is 11.3 Å². The molecule has 4 rings (SSSR count). The van der Waals surface area contributed by atoms with Gasteiger partial charge in [0.1, 0.15) is 9.90 Å². The van der Waals surface area contributed by atoms with Crippen LogP contribution in [0.3, 0.4) is 0 Å². The number of hydrogen-bond donors (Lipinski definition) is 2. The second kappa shape index (κ2) is 8.15. The standard InChI is InChI=1S/C20H24N6O3S2/c1-20(2,21)17-6-3-14(13-22-17)25-9-11-26(12-10-25)31(28,29)19-8-5-16(30-19)15-4-7-18(27)24-23-15/h3-8,13H,9-12,21H2,1-2H3,(H,24,27). The Morgan fingerprint density at radius 3 is 2.39 bits per heavy atom.